The molecule has 0 aliphatic rings. The number of hydrogen-bond acceptors (Lipinski definition) is 7. The number of nitrogens with zero attached hydrogens (tertiary/aromatic N) is 4. The van der Waals surface area contributed by atoms with Crippen LogP contribution in [0.3, 0.4) is 0 Å². The van der Waals surface area contributed by atoms with Gasteiger partial charge in [-0.25, -0.2) is 19.4 Å². The van der Waals surface area contributed by atoms with Crippen LogP contribution in [0, 0.1) is 0 Å². The molecular weight excluding hydrogens is 378 g/mol. The first-order valence-electron chi connectivity index (χ1n) is 8.35. The van der Waals surface area contributed by atoms with Crippen LogP contribution in [-0.4, -0.2) is 37.8 Å². The highest BCUT2D eigenvalue weighted by Gasteiger charge is 2.15. The maximum atomic E-state index is 13.0. The largest absolute Gasteiger partial charge is 0.465 e. The number of methoxy groups -OCH3 is 1. The van der Waals surface area contributed by atoms with E-state index in [1.165, 1.54) is 29.8 Å². The Kier molecular flexibility index (Phi) is 4.90. The molecule has 2 heterocycles. The number of fused-ring (bicyclic) bond motifs is 1. The molecule has 0 radical (unpaired) electrons. The maximum absolute atomic E-state index is 13.0. The van der Waals surface area contributed by atoms with E-state index in [0.29, 0.717) is 33.3 Å². The minimum Gasteiger partial charge on any atom is -0.465 e. The highest BCUT2D eigenvalue weighted by Crippen LogP contribution is 2.23. The Morgan fingerprint density at radius 2 is 1.96 bits per heavy atom. The molecule has 0 saturated heterocycles. The number of hydrogen-bond donors (Lipinski definition) is 1. The minimum atomic E-state index is -0.380. The molecule has 1 N–H and O–H groups in total. The molecule has 0 aliphatic carbocycles. The molecule has 4 rings (SSSR count). The molecule has 0 bridgehead atoms. The van der Waals surface area contributed by atoms with Crippen molar-refractivity contribution in [1.29, 1.82) is 0 Å². The lowest BCUT2D eigenvalue weighted by Gasteiger charge is -2.10. The zero-order valence-corrected chi connectivity index (χ0v) is 15.6. The van der Waals surface area contributed by atoms with Gasteiger partial charge in [-0.05, 0) is 29.8 Å². The molecule has 0 amide bonds. The summed E-state index contributed by atoms with van der Waals surface area (Å²) >= 11 is 1.40. The first kappa shape index (κ1) is 17.9. The van der Waals surface area contributed by atoms with Crippen molar-refractivity contribution in [2.45, 2.75) is 10.9 Å². The number of carbonyl (C=O) groups is 1. The van der Waals surface area contributed by atoms with Gasteiger partial charge in [-0.2, -0.15) is 10.1 Å². The zero-order valence-electron chi connectivity index (χ0n) is 14.8. The van der Waals surface area contributed by atoms with E-state index in [9.17, 15) is 9.59 Å². The molecule has 0 fully saturated rings. The predicted octanol–water partition coefficient (Wildman–Crippen LogP) is 2.58. The van der Waals surface area contributed by atoms with E-state index >= 15 is 0 Å². The number of carbonyl (C=O) groups excluding carboxylic acids is 1. The topological polar surface area (TPSA) is 103 Å². The van der Waals surface area contributed by atoms with E-state index in [1.54, 1.807) is 30.3 Å². The van der Waals surface area contributed by atoms with Gasteiger partial charge in [0.2, 0.25) is 5.95 Å². The number of esters is 1. The normalized spacial score (nSPS) is 10.9. The molecule has 4 aromatic rings. The minimum absolute atomic E-state index is 0.217. The Balaban J connectivity index is 1.69. The van der Waals surface area contributed by atoms with Crippen molar-refractivity contribution in [1.82, 2.24) is 24.7 Å². The number of H-pyrrole nitrogens is 1. The number of benzene rings is 2. The third-order valence-corrected chi connectivity index (χ3v) is 5.11. The molecule has 0 saturated carbocycles. The van der Waals surface area contributed by atoms with E-state index < -0.39 is 0 Å². The Morgan fingerprint density at radius 3 is 2.68 bits per heavy atom. The summed E-state index contributed by atoms with van der Waals surface area (Å²) in [6.45, 7) is 0. The Bertz CT molecular complexity index is 1190. The smallest absolute Gasteiger partial charge is 0.337 e. The highest BCUT2D eigenvalue weighted by molar-refractivity contribution is 7.98. The monoisotopic (exact) mass is 393 g/mol. The van der Waals surface area contributed by atoms with Gasteiger partial charge in [-0.1, -0.05) is 36.0 Å². The first-order chi connectivity index (χ1) is 13.7. The van der Waals surface area contributed by atoms with Gasteiger partial charge in [0.05, 0.1) is 23.6 Å². The van der Waals surface area contributed by atoms with Crippen LogP contribution in [0.25, 0.3) is 16.9 Å². The number of rotatable bonds is 5. The van der Waals surface area contributed by atoms with Crippen LogP contribution in [0.1, 0.15) is 15.9 Å². The average molecular weight is 393 g/mol. The van der Waals surface area contributed by atoms with Crippen LogP contribution in [0.5, 0.6) is 0 Å². The molecule has 2 aromatic carbocycles. The number of nitrogens with one attached hydrogen (secondary N) is 1. The summed E-state index contributed by atoms with van der Waals surface area (Å²) in [4.78, 5) is 33.3. The quantitative estimate of drug-likeness (QED) is 0.316. The van der Waals surface area contributed by atoms with Crippen molar-refractivity contribution in [3.05, 3.63) is 76.3 Å². The summed E-state index contributed by atoms with van der Waals surface area (Å²) in [5, 5.41) is 7.56. The lowest BCUT2D eigenvalue weighted by Crippen LogP contribution is -2.22. The van der Waals surface area contributed by atoms with Crippen molar-refractivity contribution < 1.29 is 9.53 Å². The van der Waals surface area contributed by atoms with Crippen molar-refractivity contribution in [2.75, 3.05) is 7.11 Å². The standard InChI is InChI=1S/C19H15N5O3S/c1-27-17(26)13-8-6-12(7-9-13)10-28-19-22-15-5-3-2-4-14(15)16(25)24(19)18-20-11-21-23-18/h2-9,11H,10H2,1H3,(H,20,21,23). The zero-order chi connectivity index (χ0) is 19.5. The lowest BCUT2D eigenvalue weighted by molar-refractivity contribution is 0.0600. The average Bonchev–Trinajstić information content (AvgIpc) is 3.26. The van der Waals surface area contributed by atoms with Gasteiger partial charge >= 0.3 is 5.97 Å². The Hall–Kier alpha value is -3.46. The maximum Gasteiger partial charge on any atom is 0.337 e. The van der Waals surface area contributed by atoms with Gasteiger partial charge in [-0.3, -0.25) is 4.79 Å². The van der Waals surface area contributed by atoms with Crippen LogP contribution >= 0.6 is 11.8 Å². The second-order valence-corrected chi connectivity index (χ2v) is 6.78. The van der Waals surface area contributed by atoms with Gasteiger partial charge in [0.25, 0.3) is 5.56 Å². The molecule has 140 valence electrons. The summed E-state index contributed by atoms with van der Waals surface area (Å²) in [7, 11) is 1.35. The fourth-order valence-corrected chi connectivity index (χ4v) is 3.66. The third-order valence-electron chi connectivity index (χ3n) is 4.10. The molecule has 8 nitrogen and oxygen atoms in total. The highest BCUT2D eigenvalue weighted by atomic mass is 32.2. The summed E-state index contributed by atoms with van der Waals surface area (Å²) in [6, 6.07) is 14.3. The van der Waals surface area contributed by atoms with Crippen molar-refractivity contribution in [2.24, 2.45) is 0 Å². The fourth-order valence-electron chi connectivity index (χ4n) is 2.71. The van der Waals surface area contributed by atoms with Crippen LogP contribution in [0.4, 0.5) is 0 Å². The van der Waals surface area contributed by atoms with E-state index in [4.69, 9.17) is 4.74 Å². The van der Waals surface area contributed by atoms with Crippen molar-refractivity contribution in [3.8, 4) is 5.95 Å². The number of para-hydroxylation sites is 1. The number of thioether (sulfide) groups is 1. The van der Waals surface area contributed by atoms with Crippen LogP contribution in [0.15, 0.2) is 64.8 Å². The number of aromatic amines is 1. The molecule has 0 aliphatic heterocycles. The van der Waals surface area contributed by atoms with Crippen LogP contribution in [0.2, 0.25) is 0 Å². The van der Waals surface area contributed by atoms with Gasteiger partial charge in [0.1, 0.15) is 6.33 Å². The molecule has 0 unspecified atom stereocenters. The third kappa shape index (κ3) is 3.39. The fraction of sp³-hybridized carbons (Fsp3) is 0.105. The molecule has 0 spiro atoms. The molecule has 2 aromatic heterocycles. The summed E-state index contributed by atoms with van der Waals surface area (Å²) in [5.74, 6) is 0.488. The van der Waals surface area contributed by atoms with Gasteiger partial charge in [0, 0.05) is 5.75 Å². The summed E-state index contributed by atoms with van der Waals surface area (Å²) in [5.41, 5.74) is 1.86. The van der Waals surface area contributed by atoms with Crippen molar-refractivity contribution in [3.63, 3.8) is 0 Å². The number of ether oxygens (including phenoxy) is 1. The molecule has 28 heavy (non-hydrogen) atoms. The van der Waals surface area contributed by atoms with Crippen LogP contribution < -0.4 is 5.56 Å². The van der Waals surface area contributed by atoms with E-state index in [-0.39, 0.29) is 11.5 Å². The van der Waals surface area contributed by atoms with Gasteiger partial charge in [-0.15, -0.1) is 0 Å². The predicted molar refractivity (Wildman–Crippen MR) is 105 cm³/mol. The van der Waals surface area contributed by atoms with E-state index in [0.717, 1.165) is 5.56 Å². The lowest BCUT2D eigenvalue weighted by atomic mass is 10.1. The van der Waals surface area contributed by atoms with Gasteiger partial charge < -0.3 is 4.74 Å². The number of aromatic nitrogens is 5. The van der Waals surface area contributed by atoms with Gasteiger partial charge in [0.15, 0.2) is 5.16 Å². The summed E-state index contributed by atoms with van der Waals surface area (Å²) in [6.07, 6.45) is 1.34. The molecule has 9 heteroatoms. The van der Waals surface area contributed by atoms with Crippen LogP contribution in [-0.2, 0) is 10.5 Å². The van der Waals surface area contributed by atoms with E-state index in [1.807, 2.05) is 18.2 Å². The first-order valence-corrected chi connectivity index (χ1v) is 9.33. The summed E-state index contributed by atoms with van der Waals surface area (Å²) < 4.78 is 6.13. The molecular formula is C19H15N5O3S. The second kappa shape index (κ2) is 7.65. The Morgan fingerprint density at radius 1 is 1.18 bits per heavy atom. The SMILES string of the molecule is COC(=O)c1ccc(CSc2nc3ccccc3c(=O)n2-c2ncn[nH]2)cc1. The van der Waals surface area contributed by atoms with E-state index in [2.05, 4.69) is 20.2 Å². The molecule has 0 atom stereocenters. The second-order valence-electron chi connectivity index (χ2n) is 5.84. The van der Waals surface area contributed by atoms with Crippen molar-refractivity contribution >= 4 is 28.6 Å². The Labute approximate surface area is 163 Å².